The maximum absolute atomic E-state index is 10.2. The zero-order chi connectivity index (χ0) is 17.6. The summed E-state index contributed by atoms with van der Waals surface area (Å²) < 4.78 is 0.102. The van der Waals surface area contributed by atoms with Crippen LogP contribution in [0.4, 0.5) is 0 Å². The van der Waals surface area contributed by atoms with Gasteiger partial charge in [-0.3, -0.25) is 10.3 Å². The summed E-state index contributed by atoms with van der Waals surface area (Å²) in [5.41, 5.74) is 3.66. The predicted octanol–water partition coefficient (Wildman–Crippen LogP) is 4.74. The Kier molecular flexibility index (Phi) is 5.65. The quantitative estimate of drug-likeness (QED) is 0.346. The Balaban J connectivity index is 1.85. The molecule has 0 bridgehead atoms. The van der Waals surface area contributed by atoms with E-state index < -0.39 is 6.04 Å². The largest absolute Gasteiger partial charge is 0.286 e. The van der Waals surface area contributed by atoms with Gasteiger partial charge < -0.3 is 0 Å². The molecule has 0 aliphatic heterocycles. The van der Waals surface area contributed by atoms with Gasteiger partial charge >= 0.3 is 0 Å². The van der Waals surface area contributed by atoms with E-state index in [1.54, 1.807) is 0 Å². The summed E-state index contributed by atoms with van der Waals surface area (Å²) in [6.45, 7) is 0. The van der Waals surface area contributed by atoms with E-state index in [0.717, 1.165) is 27.6 Å². The Morgan fingerprint density at radius 3 is 2.40 bits per heavy atom. The lowest BCUT2D eigenvalue weighted by atomic mass is 10.1. The van der Waals surface area contributed by atoms with Crippen LogP contribution >= 0.6 is 24.8 Å². The Bertz CT molecular complexity index is 863. The van der Waals surface area contributed by atoms with E-state index in [1.807, 2.05) is 78.9 Å². The number of nitrogens with zero attached hydrogens (tertiary/aromatic N) is 2. The number of benzene rings is 2. The van der Waals surface area contributed by atoms with Crippen LogP contribution < -0.4 is 0 Å². The van der Waals surface area contributed by atoms with Crippen LogP contribution in [0.2, 0.25) is 0 Å². The average Bonchev–Trinajstić information content (AvgIpc) is 3.12. The van der Waals surface area contributed by atoms with Crippen molar-refractivity contribution in [1.29, 1.82) is 0 Å². The van der Waals surface area contributed by atoms with Gasteiger partial charge in [0.15, 0.2) is 4.32 Å². The number of rotatable bonds is 5. The normalized spacial score (nSPS) is 12.2. The van der Waals surface area contributed by atoms with Crippen molar-refractivity contribution >= 4 is 35.2 Å². The van der Waals surface area contributed by atoms with E-state index in [1.165, 1.54) is 0 Å². The van der Waals surface area contributed by atoms with Gasteiger partial charge in [0.25, 0.3) is 0 Å². The monoisotopic (exact) mass is 367 g/mol. The molecule has 1 atom stereocenters. The molecule has 25 heavy (non-hydrogen) atoms. The third-order valence-electron chi connectivity index (χ3n) is 3.73. The molecule has 1 aromatic heterocycles. The van der Waals surface area contributed by atoms with Gasteiger partial charge in [0, 0.05) is 0 Å². The van der Waals surface area contributed by atoms with Crippen LogP contribution in [0.15, 0.2) is 72.8 Å². The molecule has 0 saturated carbocycles. The maximum Gasteiger partial charge on any atom is 0.158 e. The zero-order valence-corrected chi connectivity index (χ0v) is 15.0. The molecular formula is C19H17N3OS2. The highest BCUT2D eigenvalue weighted by molar-refractivity contribution is 8.10. The molecule has 0 spiro atoms. The highest BCUT2D eigenvalue weighted by Gasteiger charge is 2.17. The van der Waals surface area contributed by atoms with Gasteiger partial charge in [-0.2, -0.15) is 5.10 Å². The molecule has 126 valence electrons. The minimum Gasteiger partial charge on any atom is -0.286 e. The molecule has 0 amide bonds. The first-order valence-corrected chi connectivity index (χ1v) is 8.55. The Hall–Kier alpha value is -2.41. The van der Waals surface area contributed by atoms with Crippen LogP contribution in [-0.4, -0.2) is 24.8 Å². The molecule has 2 N–H and O–H groups in total. The van der Waals surface area contributed by atoms with E-state index in [2.05, 4.69) is 22.8 Å². The SMILES string of the molecule is ON(C(=S)S)C(C=Cc1cc(-c2ccccc2)[nH]n1)c1ccccc1. The lowest BCUT2D eigenvalue weighted by Gasteiger charge is -2.23. The van der Waals surface area contributed by atoms with Crippen LogP contribution in [0.25, 0.3) is 17.3 Å². The van der Waals surface area contributed by atoms with Crippen molar-refractivity contribution in [2.75, 3.05) is 0 Å². The van der Waals surface area contributed by atoms with Gasteiger partial charge in [-0.1, -0.05) is 79.0 Å². The molecule has 1 heterocycles. The minimum absolute atomic E-state index is 0.102. The molecule has 6 heteroatoms. The van der Waals surface area contributed by atoms with Crippen LogP contribution in [0.5, 0.6) is 0 Å². The summed E-state index contributed by atoms with van der Waals surface area (Å²) >= 11 is 9.04. The molecule has 0 radical (unpaired) electrons. The van der Waals surface area contributed by atoms with Crippen LogP contribution in [0, 0.1) is 0 Å². The van der Waals surface area contributed by atoms with Crippen molar-refractivity contribution in [3.8, 4) is 11.3 Å². The lowest BCUT2D eigenvalue weighted by Crippen LogP contribution is -2.26. The average molecular weight is 367 g/mol. The molecule has 0 aliphatic rings. The predicted molar refractivity (Wildman–Crippen MR) is 107 cm³/mol. The number of hydroxylamine groups is 2. The first kappa shape index (κ1) is 17.4. The number of thiol groups is 1. The van der Waals surface area contributed by atoms with Crippen molar-refractivity contribution in [2.24, 2.45) is 0 Å². The summed E-state index contributed by atoms with van der Waals surface area (Å²) in [7, 11) is 0. The van der Waals surface area contributed by atoms with Gasteiger partial charge in [-0.25, -0.2) is 5.06 Å². The third-order valence-corrected chi connectivity index (χ3v) is 4.12. The Morgan fingerprint density at radius 1 is 1.12 bits per heavy atom. The topological polar surface area (TPSA) is 52.1 Å². The fourth-order valence-corrected chi connectivity index (χ4v) is 2.72. The molecule has 0 fully saturated rings. The van der Waals surface area contributed by atoms with Gasteiger partial charge in [0.05, 0.1) is 11.4 Å². The van der Waals surface area contributed by atoms with Crippen LogP contribution in [0.3, 0.4) is 0 Å². The number of H-pyrrole nitrogens is 1. The summed E-state index contributed by atoms with van der Waals surface area (Å²) in [5, 5.41) is 18.5. The van der Waals surface area contributed by atoms with Gasteiger partial charge in [0.2, 0.25) is 0 Å². The number of aromatic amines is 1. The number of nitrogens with one attached hydrogen (secondary N) is 1. The molecular weight excluding hydrogens is 350 g/mol. The number of hydrogen-bond donors (Lipinski definition) is 3. The molecule has 0 aliphatic carbocycles. The van der Waals surface area contributed by atoms with Gasteiger partial charge in [-0.15, -0.1) is 12.6 Å². The van der Waals surface area contributed by atoms with Crippen molar-refractivity contribution in [1.82, 2.24) is 15.3 Å². The van der Waals surface area contributed by atoms with E-state index >= 15 is 0 Å². The maximum atomic E-state index is 10.2. The number of hydrogen-bond acceptors (Lipinski definition) is 3. The van der Waals surface area contributed by atoms with Crippen LogP contribution in [-0.2, 0) is 0 Å². The summed E-state index contributed by atoms with van der Waals surface area (Å²) in [6, 6.07) is 21.1. The van der Waals surface area contributed by atoms with E-state index in [4.69, 9.17) is 12.2 Å². The first-order chi connectivity index (χ1) is 12.1. The van der Waals surface area contributed by atoms with E-state index in [9.17, 15) is 5.21 Å². The minimum atomic E-state index is -0.442. The fraction of sp³-hybridized carbons (Fsp3) is 0.0526. The molecule has 2 aromatic carbocycles. The van der Waals surface area contributed by atoms with Crippen LogP contribution in [0.1, 0.15) is 17.3 Å². The highest BCUT2D eigenvalue weighted by Crippen LogP contribution is 2.24. The number of thiocarbonyl (C=S) groups is 1. The summed E-state index contributed by atoms with van der Waals surface area (Å²) in [6.07, 6.45) is 3.68. The van der Waals surface area contributed by atoms with Crippen molar-refractivity contribution in [3.05, 3.63) is 84.1 Å². The van der Waals surface area contributed by atoms with Gasteiger partial charge in [0.1, 0.15) is 6.04 Å². The molecule has 1 unspecified atom stereocenters. The van der Waals surface area contributed by atoms with Crippen molar-refractivity contribution in [2.45, 2.75) is 6.04 Å². The second-order valence-corrected chi connectivity index (χ2v) is 6.53. The smallest absolute Gasteiger partial charge is 0.158 e. The first-order valence-electron chi connectivity index (χ1n) is 7.70. The van der Waals surface area contributed by atoms with E-state index in [-0.39, 0.29) is 4.32 Å². The second-order valence-electron chi connectivity index (χ2n) is 5.41. The standard InChI is InChI=1S/C19H17N3OS2/c23-22(19(24)25)18(15-9-5-2-6-10-15)12-11-16-13-17(21-20-16)14-7-3-1-4-8-14/h1-13,18,23H,(H,20,21)(H,24,25). The molecule has 0 saturated heterocycles. The van der Waals surface area contributed by atoms with Gasteiger partial charge in [-0.05, 0) is 23.3 Å². The third kappa shape index (κ3) is 4.36. The molecule has 3 aromatic rings. The number of aromatic nitrogens is 2. The molecule has 3 rings (SSSR count). The summed E-state index contributed by atoms with van der Waals surface area (Å²) in [4.78, 5) is 0. The van der Waals surface area contributed by atoms with E-state index in [0.29, 0.717) is 0 Å². The lowest BCUT2D eigenvalue weighted by molar-refractivity contribution is -0.0327. The highest BCUT2D eigenvalue weighted by atomic mass is 32.1. The zero-order valence-electron chi connectivity index (χ0n) is 13.3. The molecule has 4 nitrogen and oxygen atoms in total. The van der Waals surface area contributed by atoms with Crippen molar-refractivity contribution in [3.63, 3.8) is 0 Å². The summed E-state index contributed by atoms with van der Waals surface area (Å²) in [5.74, 6) is 0. The van der Waals surface area contributed by atoms with Crippen molar-refractivity contribution < 1.29 is 5.21 Å². The second kappa shape index (κ2) is 8.11. The Morgan fingerprint density at radius 2 is 1.76 bits per heavy atom. The Labute approximate surface area is 157 Å². The fourth-order valence-electron chi connectivity index (χ4n) is 2.48.